The summed E-state index contributed by atoms with van der Waals surface area (Å²) in [4.78, 5) is 11.8. The Labute approximate surface area is 97.9 Å². The first kappa shape index (κ1) is 11.9. The van der Waals surface area contributed by atoms with Crippen LogP contribution in [-0.4, -0.2) is 24.7 Å². The lowest BCUT2D eigenvalue weighted by Gasteiger charge is -2.18. The molecule has 0 amide bonds. The molecule has 0 radical (unpaired) electrons. The summed E-state index contributed by atoms with van der Waals surface area (Å²) in [5.74, 6) is 0.865. The second-order valence-electron chi connectivity index (χ2n) is 5.59. The number of carbonyl (C=O) groups is 1. The van der Waals surface area contributed by atoms with Crippen LogP contribution in [0.15, 0.2) is 0 Å². The predicted molar refractivity (Wildman–Crippen MR) is 63.1 cm³/mol. The molecule has 0 aromatic heterocycles. The Morgan fingerprint density at radius 3 is 2.81 bits per heavy atom. The molecule has 2 aliphatic rings. The van der Waals surface area contributed by atoms with E-state index in [-0.39, 0.29) is 11.9 Å². The highest BCUT2D eigenvalue weighted by Crippen LogP contribution is 2.33. The second kappa shape index (κ2) is 5.17. The van der Waals surface area contributed by atoms with Crippen molar-refractivity contribution in [2.75, 3.05) is 6.61 Å². The largest absolute Gasteiger partial charge is 0.465 e. The number of hydrogen-bond donors (Lipinski definition) is 1. The van der Waals surface area contributed by atoms with E-state index in [1.165, 1.54) is 6.42 Å². The second-order valence-corrected chi connectivity index (χ2v) is 5.59. The summed E-state index contributed by atoms with van der Waals surface area (Å²) < 4.78 is 5.35. The highest BCUT2D eigenvalue weighted by molar-refractivity contribution is 5.74. The first-order chi connectivity index (χ1) is 7.66. The fraction of sp³-hybridized carbons (Fsp3) is 0.923. The number of rotatable bonds is 5. The quantitative estimate of drug-likeness (QED) is 0.575. The minimum absolute atomic E-state index is 0.0310. The molecule has 3 unspecified atom stereocenters. The molecule has 1 N–H and O–H groups in total. The lowest BCUT2D eigenvalue weighted by Crippen LogP contribution is -2.30. The minimum Gasteiger partial charge on any atom is -0.465 e. The van der Waals surface area contributed by atoms with Gasteiger partial charge in [-0.05, 0) is 38.0 Å². The van der Waals surface area contributed by atoms with E-state index in [2.05, 4.69) is 19.2 Å². The molecule has 3 heteroatoms. The van der Waals surface area contributed by atoms with Crippen LogP contribution < -0.4 is 5.32 Å². The van der Waals surface area contributed by atoms with Gasteiger partial charge in [0.15, 0.2) is 0 Å². The smallest absolute Gasteiger partial charge is 0.310 e. The molecule has 2 saturated heterocycles. The van der Waals surface area contributed by atoms with Crippen molar-refractivity contribution in [3.05, 3.63) is 0 Å². The Morgan fingerprint density at radius 2 is 2.25 bits per heavy atom. The first-order valence-corrected chi connectivity index (χ1v) is 6.59. The first-order valence-electron chi connectivity index (χ1n) is 6.59. The molecule has 2 rings (SSSR count). The Bertz CT molecular complexity index is 252. The zero-order chi connectivity index (χ0) is 11.5. The Hall–Kier alpha value is -0.570. The van der Waals surface area contributed by atoms with Gasteiger partial charge in [-0.15, -0.1) is 0 Å². The molecule has 3 atom stereocenters. The van der Waals surface area contributed by atoms with Gasteiger partial charge in [0.05, 0.1) is 12.5 Å². The summed E-state index contributed by atoms with van der Waals surface area (Å²) in [7, 11) is 0. The number of nitrogens with one attached hydrogen (secondary N) is 1. The minimum atomic E-state index is 0.0310. The molecular weight excluding hydrogens is 202 g/mol. The van der Waals surface area contributed by atoms with Crippen LogP contribution >= 0.6 is 0 Å². The van der Waals surface area contributed by atoms with Gasteiger partial charge in [-0.1, -0.05) is 13.8 Å². The van der Waals surface area contributed by atoms with Gasteiger partial charge < -0.3 is 10.1 Å². The van der Waals surface area contributed by atoms with E-state index < -0.39 is 0 Å². The number of carbonyl (C=O) groups excluding carboxylic acids is 1. The molecule has 0 aromatic carbocycles. The van der Waals surface area contributed by atoms with E-state index in [0.717, 1.165) is 25.7 Å². The number of esters is 1. The van der Waals surface area contributed by atoms with E-state index >= 15 is 0 Å². The molecule has 0 saturated carbocycles. The summed E-state index contributed by atoms with van der Waals surface area (Å²) in [5, 5.41) is 3.47. The van der Waals surface area contributed by atoms with Crippen LogP contribution in [-0.2, 0) is 9.53 Å². The lowest BCUT2D eigenvalue weighted by atomic mass is 9.89. The molecule has 0 spiro atoms. The lowest BCUT2D eigenvalue weighted by molar-refractivity contribution is -0.149. The van der Waals surface area contributed by atoms with Gasteiger partial charge in [-0.3, -0.25) is 4.79 Å². The van der Waals surface area contributed by atoms with Gasteiger partial charge in [0.25, 0.3) is 0 Å². The normalized spacial score (nSPS) is 32.3. The van der Waals surface area contributed by atoms with Crippen molar-refractivity contribution in [2.45, 2.75) is 58.0 Å². The third-order valence-electron chi connectivity index (χ3n) is 3.77. The van der Waals surface area contributed by atoms with Crippen molar-refractivity contribution in [2.24, 2.45) is 11.8 Å². The van der Waals surface area contributed by atoms with Crippen LogP contribution in [0.4, 0.5) is 0 Å². The van der Waals surface area contributed by atoms with Crippen molar-refractivity contribution in [1.29, 1.82) is 0 Å². The molecule has 3 nitrogen and oxygen atoms in total. The third-order valence-corrected chi connectivity index (χ3v) is 3.77. The van der Waals surface area contributed by atoms with E-state index in [1.54, 1.807) is 0 Å². The van der Waals surface area contributed by atoms with Gasteiger partial charge in [0, 0.05) is 12.1 Å². The summed E-state index contributed by atoms with van der Waals surface area (Å²) >= 11 is 0. The van der Waals surface area contributed by atoms with Gasteiger partial charge in [-0.25, -0.2) is 0 Å². The number of fused-ring (bicyclic) bond motifs is 2. The van der Waals surface area contributed by atoms with Crippen LogP contribution in [0.2, 0.25) is 0 Å². The molecule has 2 bridgehead atoms. The van der Waals surface area contributed by atoms with E-state index in [4.69, 9.17) is 4.74 Å². The molecule has 2 fully saturated rings. The summed E-state index contributed by atoms with van der Waals surface area (Å²) in [6.07, 6.45) is 5.52. The van der Waals surface area contributed by atoms with Gasteiger partial charge in [0.2, 0.25) is 0 Å². The maximum absolute atomic E-state index is 11.8. The average molecular weight is 225 g/mol. The van der Waals surface area contributed by atoms with Crippen LogP contribution in [0.3, 0.4) is 0 Å². The van der Waals surface area contributed by atoms with Crippen molar-refractivity contribution in [3.8, 4) is 0 Å². The molecule has 0 aliphatic carbocycles. The molecule has 16 heavy (non-hydrogen) atoms. The summed E-state index contributed by atoms with van der Waals surface area (Å²) in [5.41, 5.74) is 0. The van der Waals surface area contributed by atoms with Gasteiger partial charge in [-0.2, -0.15) is 0 Å². The average Bonchev–Trinajstić information content (AvgIpc) is 2.85. The summed E-state index contributed by atoms with van der Waals surface area (Å²) in [6, 6.07) is 0.987. The fourth-order valence-electron chi connectivity index (χ4n) is 2.86. The Balaban J connectivity index is 1.65. The molecule has 92 valence electrons. The van der Waals surface area contributed by atoms with Crippen LogP contribution in [0, 0.1) is 11.8 Å². The van der Waals surface area contributed by atoms with Crippen molar-refractivity contribution in [1.82, 2.24) is 5.32 Å². The monoisotopic (exact) mass is 225 g/mol. The molecular formula is C13H23NO2. The molecule has 0 aromatic rings. The number of ether oxygens (including phenoxy) is 1. The van der Waals surface area contributed by atoms with Crippen molar-refractivity contribution >= 4 is 5.97 Å². The maximum atomic E-state index is 11.8. The number of hydrogen-bond acceptors (Lipinski definition) is 3. The third kappa shape index (κ3) is 2.76. The fourth-order valence-corrected chi connectivity index (χ4v) is 2.86. The Morgan fingerprint density at radius 1 is 1.44 bits per heavy atom. The van der Waals surface area contributed by atoms with Gasteiger partial charge >= 0.3 is 5.97 Å². The topological polar surface area (TPSA) is 38.3 Å². The van der Waals surface area contributed by atoms with Crippen molar-refractivity contribution in [3.63, 3.8) is 0 Å². The van der Waals surface area contributed by atoms with E-state index in [9.17, 15) is 4.79 Å². The van der Waals surface area contributed by atoms with Gasteiger partial charge in [0.1, 0.15) is 0 Å². The zero-order valence-corrected chi connectivity index (χ0v) is 10.4. The Kier molecular flexibility index (Phi) is 3.85. The standard InChI is InChI=1S/C13H23NO2/c1-9(2)4-3-7-16-13(15)11-8-10-5-6-12(11)14-10/h9-12,14H,3-8H2,1-2H3. The van der Waals surface area contributed by atoms with Crippen molar-refractivity contribution < 1.29 is 9.53 Å². The van der Waals surface area contributed by atoms with E-state index in [0.29, 0.717) is 24.6 Å². The summed E-state index contributed by atoms with van der Waals surface area (Å²) in [6.45, 7) is 4.99. The maximum Gasteiger partial charge on any atom is 0.310 e. The van der Waals surface area contributed by atoms with Crippen LogP contribution in [0.5, 0.6) is 0 Å². The van der Waals surface area contributed by atoms with Crippen LogP contribution in [0.1, 0.15) is 46.0 Å². The SMILES string of the molecule is CC(C)CCCOC(=O)C1CC2CCC1N2. The highest BCUT2D eigenvalue weighted by atomic mass is 16.5. The van der Waals surface area contributed by atoms with E-state index in [1.807, 2.05) is 0 Å². The molecule has 2 aliphatic heterocycles. The predicted octanol–water partition coefficient (Wildman–Crippen LogP) is 2.11. The zero-order valence-electron chi connectivity index (χ0n) is 10.4. The molecule has 2 heterocycles. The van der Waals surface area contributed by atoms with Crippen LogP contribution in [0.25, 0.3) is 0 Å². The highest BCUT2D eigenvalue weighted by Gasteiger charge is 2.43.